The number of hydrogen-bond acceptors (Lipinski definition) is 5. The van der Waals surface area contributed by atoms with Crippen molar-refractivity contribution in [1.82, 2.24) is 9.80 Å². The molecule has 1 N–H and O–H groups in total. The van der Waals surface area contributed by atoms with Gasteiger partial charge in [-0.2, -0.15) is 24.5 Å². The number of carbonyl (C=O) groups excluding carboxylic acids is 1. The number of rotatable bonds is 5. The minimum absolute atomic E-state index is 0.207. The standard InChI is InChI=1S/C19H28N2O2S.C2HF3O2/c1-20-10-17(12-23-11-15-2-3-15)19(14-20)5-7-21(8-6-19)18(22)16-4-9-24-13-16;3-2(4,5)1(6)7/h4,9,13,15,17H,2-3,5-8,10-12,14H2,1H3;(H,6,7). The molecule has 1 atom stereocenters. The Morgan fingerprint density at radius 2 is 1.90 bits per heavy atom. The van der Waals surface area contributed by atoms with Crippen LogP contribution in [0.1, 0.15) is 36.0 Å². The lowest BCUT2D eigenvalue weighted by atomic mass is 9.71. The molecule has 1 spiro atoms. The predicted molar refractivity (Wildman–Crippen MR) is 110 cm³/mol. The Bertz CT molecular complexity index is 744. The minimum atomic E-state index is -5.08. The molecule has 6 nitrogen and oxygen atoms in total. The molecule has 4 rings (SSSR count). The van der Waals surface area contributed by atoms with E-state index in [0.29, 0.717) is 11.3 Å². The molecular weight excluding hydrogens is 433 g/mol. The highest BCUT2D eigenvalue weighted by Gasteiger charge is 2.47. The number of carboxylic acid groups (broad SMARTS) is 1. The second-order valence-corrected chi connectivity index (χ2v) is 9.62. The monoisotopic (exact) mass is 462 g/mol. The smallest absolute Gasteiger partial charge is 0.475 e. The molecule has 1 aromatic rings. The van der Waals surface area contributed by atoms with Gasteiger partial charge in [-0.05, 0) is 55.5 Å². The summed E-state index contributed by atoms with van der Waals surface area (Å²) in [5, 5.41) is 11.1. The first kappa shape index (κ1) is 24.0. The molecule has 1 amide bonds. The van der Waals surface area contributed by atoms with Crippen molar-refractivity contribution < 1.29 is 32.6 Å². The molecule has 0 aromatic carbocycles. The first-order valence-electron chi connectivity index (χ1n) is 10.5. The molecule has 1 unspecified atom stereocenters. The van der Waals surface area contributed by atoms with Gasteiger partial charge in [0.25, 0.3) is 5.91 Å². The van der Waals surface area contributed by atoms with E-state index < -0.39 is 12.1 Å². The van der Waals surface area contributed by atoms with Crippen LogP contribution in [0.4, 0.5) is 13.2 Å². The van der Waals surface area contributed by atoms with Crippen LogP contribution >= 0.6 is 11.3 Å². The number of aliphatic carboxylic acids is 1. The highest BCUT2D eigenvalue weighted by molar-refractivity contribution is 7.08. The minimum Gasteiger partial charge on any atom is -0.475 e. The molecular formula is C21H29F3N2O4S. The number of carbonyl (C=O) groups is 2. The summed E-state index contributed by atoms with van der Waals surface area (Å²) in [6.45, 7) is 5.94. The number of piperidine rings is 1. The Balaban J connectivity index is 0.000000339. The topological polar surface area (TPSA) is 70.1 Å². The molecule has 2 aliphatic heterocycles. The number of ether oxygens (including phenoxy) is 1. The molecule has 1 saturated carbocycles. The van der Waals surface area contributed by atoms with Gasteiger partial charge in [-0.3, -0.25) is 4.79 Å². The van der Waals surface area contributed by atoms with E-state index in [1.165, 1.54) is 12.8 Å². The fraction of sp³-hybridized carbons (Fsp3) is 0.714. The summed E-state index contributed by atoms with van der Waals surface area (Å²) in [6.07, 6.45) is -0.139. The summed E-state index contributed by atoms with van der Waals surface area (Å²) in [5.41, 5.74) is 1.20. The zero-order valence-electron chi connectivity index (χ0n) is 17.6. The van der Waals surface area contributed by atoms with Crippen LogP contribution in [0.5, 0.6) is 0 Å². The van der Waals surface area contributed by atoms with Crippen molar-refractivity contribution in [2.45, 2.75) is 31.9 Å². The number of halogens is 3. The van der Waals surface area contributed by atoms with Crippen molar-refractivity contribution in [3.8, 4) is 0 Å². The van der Waals surface area contributed by atoms with Crippen LogP contribution in [0, 0.1) is 17.3 Å². The number of carboxylic acids is 1. The van der Waals surface area contributed by atoms with E-state index in [2.05, 4.69) is 11.9 Å². The maximum Gasteiger partial charge on any atom is 0.490 e. The van der Waals surface area contributed by atoms with Crippen LogP contribution in [-0.4, -0.2) is 79.4 Å². The van der Waals surface area contributed by atoms with Gasteiger partial charge >= 0.3 is 12.1 Å². The molecule has 0 bridgehead atoms. The zero-order chi connectivity index (χ0) is 22.6. The molecule has 1 aromatic heterocycles. The number of nitrogens with zero attached hydrogens (tertiary/aromatic N) is 2. The fourth-order valence-electron chi connectivity index (χ4n) is 4.48. The van der Waals surface area contributed by atoms with Gasteiger partial charge in [0.15, 0.2) is 0 Å². The van der Waals surface area contributed by atoms with Crippen molar-refractivity contribution in [1.29, 1.82) is 0 Å². The first-order chi connectivity index (χ1) is 14.6. The van der Waals surface area contributed by atoms with Crippen LogP contribution in [0.2, 0.25) is 0 Å². The Hall–Kier alpha value is -1.65. The lowest BCUT2D eigenvalue weighted by Gasteiger charge is -2.42. The predicted octanol–water partition coefficient (Wildman–Crippen LogP) is 3.59. The molecule has 31 heavy (non-hydrogen) atoms. The zero-order valence-corrected chi connectivity index (χ0v) is 18.4. The number of thiophene rings is 1. The van der Waals surface area contributed by atoms with Crippen molar-refractivity contribution >= 4 is 23.2 Å². The number of hydrogen-bond donors (Lipinski definition) is 1. The summed E-state index contributed by atoms with van der Waals surface area (Å²) in [7, 11) is 2.23. The molecule has 3 heterocycles. The molecule has 174 valence electrons. The van der Waals surface area contributed by atoms with Crippen molar-refractivity contribution in [3.63, 3.8) is 0 Å². The third-order valence-corrected chi connectivity index (χ3v) is 7.09. The Morgan fingerprint density at radius 1 is 1.26 bits per heavy atom. The normalized spacial score (nSPS) is 23.5. The van der Waals surface area contributed by atoms with Gasteiger partial charge < -0.3 is 19.6 Å². The van der Waals surface area contributed by atoms with Crippen LogP contribution < -0.4 is 0 Å². The highest BCUT2D eigenvalue weighted by Crippen LogP contribution is 2.44. The third-order valence-electron chi connectivity index (χ3n) is 6.41. The second kappa shape index (κ2) is 9.87. The summed E-state index contributed by atoms with van der Waals surface area (Å²) in [6, 6.07) is 1.94. The van der Waals surface area contributed by atoms with Gasteiger partial charge in [0, 0.05) is 44.1 Å². The largest absolute Gasteiger partial charge is 0.490 e. The van der Waals surface area contributed by atoms with Gasteiger partial charge in [0.05, 0.1) is 12.2 Å². The molecule has 0 radical (unpaired) electrons. The van der Waals surface area contributed by atoms with Gasteiger partial charge in [-0.25, -0.2) is 4.79 Å². The molecule has 3 fully saturated rings. The average molecular weight is 463 g/mol. The highest BCUT2D eigenvalue weighted by atomic mass is 32.1. The van der Waals surface area contributed by atoms with Crippen LogP contribution in [0.3, 0.4) is 0 Å². The van der Waals surface area contributed by atoms with Gasteiger partial charge in [0.2, 0.25) is 0 Å². The summed E-state index contributed by atoms with van der Waals surface area (Å²) in [5.74, 6) is -1.09. The second-order valence-electron chi connectivity index (χ2n) is 8.84. The van der Waals surface area contributed by atoms with E-state index in [0.717, 1.165) is 63.7 Å². The third kappa shape index (κ3) is 6.43. The van der Waals surface area contributed by atoms with Gasteiger partial charge in [-0.1, -0.05) is 0 Å². The number of likely N-dealkylation sites (tertiary alicyclic amines) is 2. The van der Waals surface area contributed by atoms with Crippen molar-refractivity contribution in [3.05, 3.63) is 22.4 Å². The lowest BCUT2D eigenvalue weighted by Crippen LogP contribution is -2.47. The molecule has 2 saturated heterocycles. The Kier molecular flexibility index (Phi) is 7.64. The Morgan fingerprint density at radius 3 is 2.42 bits per heavy atom. The molecule has 3 aliphatic rings. The average Bonchev–Trinajstić information content (AvgIpc) is 3.26. The maximum absolute atomic E-state index is 12.6. The lowest BCUT2D eigenvalue weighted by molar-refractivity contribution is -0.192. The number of alkyl halides is 3. The quantitative estimate of drug-likeness (QED) is 0.724. The summed E-state index contributed by atoms with van der Waals surface area (Å²) in [4.78, 5) is 26.0. The number of amides is 1. The van der Waals surface area contributed by atoms with Crippen LogP contribution in [0.15, 0.2) is 16.8 Å². The van der Waals surface area contributed by atoms with Crippen LogP contribution in [-0.2, 0) is 9.53 Å². The van der Waals surface area contributed by atoms with E-state index in [4.69, 9.17) is 14.6 Å². The molecule has 1 aliphatic carbocycles. The van der Waals surface area contributed by atoms with Crippen molar-refractivity contribution in [2.75, 3.05) is 46.4 Å². The van der Waals surface area contributed by atoms with Gasteiger partial charge in [-0.15, -0.1) is 0 Å². The van der Waals surface area contributed by atoms with E-state index in [-0.39, 0.29) is 5.91 Å². The van der Waals surface area contributed by atoms with E-state index in [1.54, 1.807) is 11.3 Å². The maximum atomic E-state index is 12.6. The van der Waals surface area contributed by atoms with Gasteiger partial charge in [0.1, 0.15) is 0 Å². The Labute approximate surface area is 184 Å². The van der Waals surface area contributed by atoms with E-state index in [9.17, 15) is 18.0 Å². The molecule has 10 heteroatoms. The SMILES string of the molecule is CN1CC(COCC2CC2)C2(CCN(C(=O)c3ccsc3)CC2)C1.O=C(O)C(F)(F)F. The fourth-order valence-corrected chi connectivity index (χ4v) is 5.11. The van der Waals surface area contributed by atoms with Crippen LogP contribution in [0.25, 0.3) is 0 Å². The summed E-state index contributed by atoms with van der Waals surface area (Å²) >= 11 is 1.60. The first-order valence-corrected chi connectivity index (χ1v) is 11.4. The summed E-state index contributed by atoms with van der Waals surface area (Å²) < 4.78 is 37.8. The van der Waals surface area contributed by atoms with E-state index in [1.807, 2.05) is 21.7 Å². The van der Waals surface area contributed by atoms with Crippen molar-refractivity contribution in [2.24, 2.45) is 17.3 Å². The van der Waals surface area contributed by atoms with E-state index >= 15 is 0 Å².